The van der Waals surface area contributed by atoms with E-state index in [1.165, 1.54) is 0 Å². The molecule has 0 aliphatic heterocycles. The number of aromatic nitrogens is 3. The molecule has 6 heteroatoms. The summed E-state index contributed by atoms with van der Waals surface area (Å²) in [5.74, 6) is 0.0152. The number of pyridine rings is 1. The lowest BCUT2D eigenvalue weighted by Crippen LogP contribution is -2.11. The van der Waals surface area contributed by atoms with E-state index in [0.29, 0.717) is 11.6 Å². The first-order chi connectivity index (χ1) is 15.1. The first kappa shape index (κ1) is 21.1. The molecule has 0 atom stereocenters. The minimum absolute atomic E-state index is 0.0152. The van der Waals surface area contributed by atoms with Crippen LogP contribution >= 0.6 is 11.6 Å². The number of nitrogens with zero attached hydrogens (tertiary/aromatic N) is 3. The van der Waals surface area contributed by atoms with Crippen molar-refractivity contribution in [2.75, 3.05) is 5.32 Å². The van der Waals surface area contributed by atoms with E-state index in [1.807, 2.05) is 67.7 Å². The highest BCUT2D eigenvalue weighted by atomic mass is 35.5. The van der Waals surface area contributed by atoms with Crippen LogP contribution in [0.1, 0.15) is 31.2 Å². The van der Waals surface area contributed by atoms with E-state index >= 15 is 0 Å². The van der Waals surface area contributed by atoms with Crippen molar-refractivity contribution in [3.8, 4) is 11.3 Å². The summed E-state index contributed by atoms with van der Waals surface area (Å²) in [6, 6.07) is 19.9. The fourth-order valence-electron chi connectivity index (χ4n) is 3.72. The predicted molar refractivity (Wildman–Crippen MR) is 126 cm³/mol. The molecule has 2 aromatic carbocycles. The number of unbranched alkanes of at least 4 members (excludes halogenated alkanes) is 2. The van der Waals surface area contributed by atoms with Crippen molar-refractivity contribution >= 4 is 34.1 Å². The van der Waals surface area contributed by atoms with Gasteiger partial charge in [-0.25, -0.2) is 0 Å². The second-order valence-electron chi connectivity index (χ2n) is 7.63. The minimum Gasteiger partial charge on any atom is -0.325 e. The standard InChI is InChI=1S/C25H25ClN4O/c1-30-25(26)21(24(29-30)18-10-4-2-5-11-18)13-6-3-7-15-23(31)28-20-16-19-12-8-9-14-22(19)27-17-20/h2,4-5,8-12,14,16-17H,3,6-7,13,15H2,1H3,(H,28,31). The van der Waals surface area contributed by atoms with E-state index in [1.54, 1.807) is 10.9 Å². The first-order valence-electron chi connectivity index (χ1n) is 10.5. The summed E-state index contributed by atoms with van der Waals surface area (Å²) in [6.45, 7) is 0. The summed E-state index contributed by atoms with van der Waals surface area (Å²) in [4.78, 5) is 16.7. The Balaban J connectivity index is 1.27. The number of fused-ring (bicyclic) bond motifs is 1. The van der Waals surface area contributed by atoms with Crippen molar-refractivity contribution < 1.29 is 4.79 Å². The van der Waals surface area contributed by atoms with E-state index in [-0.39, 0.29) is 5.91 Å². The highest BCUT2D eigenvalue weighted by molar-refractivity contribution is 6.30. The van der Waals surface area contributed by atoms with Crippen molar-refractivity contribution in [3.63, 3.8) is 0 Å². The Morgan fingerprint density at radius 2 is 1.81 bits per heavy atom. The van der Waals surface area contributed by atoms with Gasteiger partial charge in [0.1, 0.15) is 5.15 Å². The number of benzene rings is 2. The lowest BCUT2D eigenvalue weighted by atomic mass is 10.0. The fourth-order valence-corrected chi connectivity index (χ4v) is 3.95. The lowest BCUT2D eigenvalue weighted by molar-refractivity contribution is -0.116. The van der Waals surface area contributed by atoms with Gasteiger partial charge < -0.3 is 5.32 Å². The monoisotopic (exact) mass is 432 g/mol. The zero-order chi connectivity index (χ0) is 21.6. The van der Waals surface area contributed by atoms with Gasteiger partial charge >= 0.3 is 0 Å². The molecule has 0 aliphatic carbocycles. The molecule has 0 aliphatic rings. The summed E-state index contributed by atoms with van der Waals surface area (Å²) >= 11 is 6.49. The molecule has 5 nitrogen and oxygen atoms in total. The van der Waals surface area contributed by atoms with Gasteiger partial charge in [0.15, 0.2) is 0 Å². The molecule has 0 radical (unpaired) electrons. The van der Waals surface area contributed by atoms with Gasteiger partial charge in [-0.15, -0.1) is 0 Å². The van der Waals surface area contributed by atoms with Crippen LogP contribution in [0, 0.1) is 0 Å². The number of amides is 1. The van der Waals surface area contributed by atoms with Gasteiger partial charge in [0.25, 0.3) is 0 Å². The number of aryl methyl sites for hydroxylation is 1. The molecule has 2 aromatic heterocycles. The molecule has 31 heavy (non-hydrogen) atoms. The quantitative estimate of drug-likeness (QED) is 0.346. The Morgan fingerprint density at radius 3 is 2.65 bits per heavy atom. The summed E-state index contributed by atoms with van der Waals surface area (Å²) in [6.07, 6.45) is 5.76. The summed E-state index contributed by atoms with van der Waals surface area (Å²) in [7, 11) is 1.87. The van der Waals surface area contributed by atoms with Gasteiger partial charge in [-0.1, -0.05) is 66.6 Å². The molecular formula is C25H25ClN4O. The molecule has 1 N–H and O–H groups in total. The highest BCUT2D eigenvalue weighted by Gasteiger charge is 2.15. The third kappa shape index (κ3) is 5.12. The zero-order valence-electron chi connectivity index (χ0n) is 17.5. The number of rotatable bonds is 8. The number of hydrogen-bond donors (Lipinski definition) is 1. The molecule has 0 fully saturated rings. The van der Waals surface area contributed by atoms with Crippen molar-refractivity contribution in [3.05, 3.63) is 77.6 Å². The Morgan fingerprint density at radius 1 is 1.03 bits per heavy atom. The van der Waals surface area contributed by atoms with Gasteiger partial charge in [0, 0.05) is 30.0 Å². The maximum absolute atomic E-state index is 12.3. The van der Waals surface area contributed by atoms with Crippen LogP contribution in [0.3, 0.4) is 0 Å². The molecule has 1 amide bonds. The SMILES string of the molecule is Cn1nc(-c2ccccc2)c(CCCCCC(=O)Nc2cnc3ccccc3c2)c1Cl. The van der Waals surface area contributed by atoms with Crippen LogP contribution in [0.2, 0.25) is 5.15 Å². The predicted octanol–water partition coefficient (Wildman–Crippen LogP) is 6.03. The number of carbonyl (C=O) groups is 1. The van der Waals surface area contributed by atoms with E-state index < -0.39 is 0 Å². The average Bonchev–Trinajstić information content (AvgIpc) is 3.08. The van der Waals surface area contributed by atoms with Crippen LogP contribution in [0.5, 0.6) is 0 Å². The van der Waals surface area contributed by atoms with E-state index in [9.17, 15) is 4.79 Å². The molecule has 0 unspecified atom stereocenters. The molecule has 4 aromatic rings. The fraction of sp³-hybridized carbons (Fsp3) is 0.240. The van der Waals surface area contributed by atoms with Gasteiger partial charge in [-0.05, 0) is 31.4 Å². The van der Waals surface area contributed by atoms with E-state index in [0.717, 1.165) is 59.1 Å². The first-order valence-corrected chi connectivity index (χ1v) is 10.9. The van der Waals surface area contributed by atoms with Crippen molar-refractivity contribution in [1.82, 2.24) is 14.8 Å². The van der Waals surface area contributed by atoms with Crippen molar-refractivity contribution in [2.24, 2.45) is 7.05 Å². The Hall–Kier alpha value is -3.18. The van der Waals surface area contributed by atoms with Crippen LogP contribution in [0.25, 0.3) is 22.2 Å². The van der Waals surface area contributed by atoms with Crippen molar-refractivity contribution in [2.45, 2.75) is 32.1 Å². The molecule has 2 heterocycles. The number of anilines is 1. The Bertz CT molecular complexity index is 1190. The zero-order valence-corrected chi connectivity index (χ0v) is 18.3. The Kier molecular flexibility index (Phi) is 6.63. The van der Waals surface area contributed by atoms with Crippen LogP contribution < -0.4 is 5.32 Å². The van der Waals surface area contributed by atoms with Crippen molar-refractivity contribution in [1.29, 1.82) is 0 Å². The summed E-state index contributed by atoms with van der Waals surface area (Å²) < 4.78 is 1.73. The third-order valence-electron chi connectivity index (χ3n) is 5.32. The number of para-hydroxylation sites is 1. The molecular weight excluding hydrogens is 408 g/mol. The molecule has 0 saturated carbocycles. The minimum atomic E-state index is 0.0152. The highest BCUT2D eigenvalue weighted by Crippen LogP contribution is 2.29. The maximum Gasteiger partial charge on any atom is 0.224 e. The largest absolute Gasteiger partial charge is 0.325 e. The molecule has 0 saturated heterocycles. The number of carbonyl (C=O) groups excluding carboxylic acids is 1. The molecule has 158 valence electrons. The van der Waals surface area contributed by atoms with Gasteiger partial charge in [-0.2, -0.15) is 5.10 Å². The Labute approximate surface area is 187 Å². The number of hydrogen-bond acceptors (Lipinski definition) is 3. The smallest absolute Gasteiger partial charge is 0.224 e. The maximum atomic E-state index is 12.3. The van der Waals surface area contributed by atoms with E-state index in [4.69, 9.17) is 11.6 Å². The molecule has 0 spiro atoms. The van der Waals surface area contributed by atoms with Gasteiger partial charge in [-0.3, -0.25) is 14.5 Å². The second-order valence-corrected chi connectivity index (χ2v) is 7.99. The average molecular weight is 433 g/mol. The number of halogens is 1. The van der Waals surface area contributed by atoms with Crippen LogP contribution in [0.15, 0.2) is 66.9 Å². The molecule has 4 rings (SSSR count). The normalized spacial score (nSPS) is 11.0. The van der Waals surface area contributed by atoms with Gasteiger partial charge in [0.05, 0.1) is 23.1 Å². The summed E-state index contributed by atoms with van der Waals surface area (Å²) in [5, 5.41) is 9.24. The topological polar surface area (TPSA) is 59.8 Å². The number of nitrogens with one attached hydrogen (secondary N) is 1. The molecule has 0 bridgehead atoms. The van der Waals surface area contributed by atoms with E-state index in [2.05, 4.69) is 15.4 Å². The van der Waals surface area contributed by atoms with Crippen LogP contribution in [-0.4, -0.2) is 20.7 Å². The van der Waals surface area contributed by atoms with Crippen LogP contribution in [0.4, 0.5) is 5.69 Å². The third-order valence-corrected chi connectivity index (χ3v) is 5.79. The lowest BCUT2D eigenvalue weighted by Gasteiger charge is -2.07. The van der Waals surface area contributed by atoms with Gasteiger partial charge in [0.2, 0.25) is 5.91 Å². The summed E-state index contributed by atoms with van der Waals surface area (Å²) in [5.41, 5.74) is 4.74. The second kappa shape index (κ2) is 9.75. The van der Waals surface area contributed by atoms with Crippen LogP contribution in [-0.2, 0) is 18.3 Å².